The number of hydrogen-bond acceptors (Lipinski definition) is 5. The smallest absolute Gasteiger partial charge is 0.337 e. The summed E-state index contributed by atoms with van der Waals surface area (Å²) in [6, 6.07) is 5.84. The van der Waals surface area contributed by atoms with Gasteiger partial charge in [0.15, 0.2) is 5.82 Å². The third-order valence-corrected chi connectivity index (χ3v) is 3.81. The summed E-state index contributed by atoms with van der Waals surface area (Å²) in [6.07, 6.45) is 3.68. The predicted molar refractivity (Wildman–Crippen MR) is 92.7 cm³/mol. The Kier molecular flexibility index (Phi) is 4.90. The quantitative estimate of drug-likeness (QED) is 0.571. The SMILES string of the molecule is CNCCCn1nc(Nc2cnccc2C(=O)O)c2cc(F)ccc21. The van der Waals surface area contributed by atoms with E-state index >= 15 is 0 Å². The molecule has 0 bridgehead atoms. The first-order valence-corrected chi connectivity index (χ1v) is 7.85. The summed E-state index contributed by atoms with van der Waals surface area (Å²) < 4.78 is 15.5. The number of benzene rings is 1. The van der Waals surface area contributed by atoms with Gasteiger partial charge in [-0.25, -0.2) is 9.18 Å². The number of nitrogens with zero attached hydrogens (tertiary/aromatic N) is 3. The second-order valence-corrected chi connectivity index (χ2v) is 5.54. The van der Waals surface area contributed by atoms with Gasteiger partial charge in [0.2, 0.25) is 0 Å². The van der Waals surface area contributed by atoms with Gasteiger partial charge < -0.3 is 15.7 Å². The normalized spacial score (nSPS) is 11.0. The topological polar surface area (TPSA) is 92.1 Å². The van der Waals surface area contributed by atoms with Crippen LogP contribution >= 0.6 is 0 Å². The van der Waals surface area contributed by atoms with Gasteiger partial charge in [-0.05, 0) is 44.3 Å². The molecule has 0 saturated heterocycles. The Morgan fingerprint density at radius 3 is 2.96 bits per heavy atom. The first-order valence-electron chi connectivity index (χ1n) is 7.85. The van der Waals surface area contributed by atoms with E-state index in [0.29, 0.717) is 23.4 Å². The summed E-state index contributed by atoms with van der Waals surface area (Å²) in [5, 5.41) is 20.4. The van der Waals surface area contributed by atoms with Crippen molar-refractivity contribution in [2.24, 2.45) is 0 Å². The van der Waals surface area contributed by atoms with Crippen molar-refractivity contribution in [2.45, 2.75) is 13.0 Å². The van der Waals surface area contributed by atoms with Crippen LogP contribution in [0.15, 0.2) is 36.7 Å². The minimum Gasteiger partial charge on any atom is -0.478 e. The largest absolute Gasteiger partial charge is 0.478 e. The van der Waals surface area contributed by atoms with Crippen LogP contribution in [0.5, 0.6) is 0 Å². The maximum atomic E-state index is 13.7. The van der Waals surface area contributed by atoms with Crippen LogP contribution in [0.1, 0.15) is 16.8 Å². The number of carbonyl (C=O) groups is 1. The molecule has 0 aliphatic carbocycles. The van der Waals surface area contributed by atoms with E-state index in [1.807, 2.05) is 7.05 Å². The maximum Gasteiger partial charge on any atom is 0.337 e. The van der Waals surface area contributed by atoms with Gasteiger partial charge in [-0.3, -0.25) is 9.67 Å². The minimum absolute atomic E-state index is 0.0734. The molecule has 0 unspecified atom stereocenters. The lowest BCUT2D eigenvalue weighted by atomic mass is 10.2. The molecule has 0 aliphatic rings. The molecule has 3 N–H and O–H groups in total. The molecule has 0 amide bonds. The summed E-state index contributed by atoms with van der Waals surface area (Å²) in [4.78, 5) is 15.3. The van der Waals surface area contributed by atoms with Gasteiger partial charge in [0.05, 0.1) is 23.0 Å². The van der Waals surface area contributed by atoms with Gasteiger partial charge in [0.25, 0.3) is 0 Å². The molecule has 2 aromatic heterocycles. The minimum atomic E-state index is -1.08. The molecule has 7 nitrogen and oxygen atoms in total. The summed E-state index contributed by atoms with van der Waals surface area (Å²) in [6.45, 7) is 1.49. The van der Waals surface area contributed by atoms with Crippen LogP contribution in [0.25, 0.3) is 10.9 Å². The van der Waals surface area contributed by atoms with Crippen molar-refractivity contribution in [1.82, 2.24) is 20.1 Å². The van der Waals surface area contributed by atoms with E-state index in [1.54, 1.807) is 10.7 Å². The highest BCUT2D eigenvalue weighted by Crippen LogP contribution is 2.28. The van der Waals surface area contributed by atoms with Crippen LogP contribution in [0, 0.1) is 5.82 Å². The Labute approximate surface area is 143 Å². The van der Waals surface area contributed by atoms with Crippen molar-refractivity contribution >= 4 is 28.4 Å². The lowest BCUT2D eigenvalue weighted by Gasteiger charge is -2.06. The second-order valence-electron chi connectivity index (χ2n) is 5.54. The van der Waals surface area contributed by atoms with E-state index in [2.05, 4.69) is 20.7 Å². The lowest BCUT2D eigenvalue weighted by molar-refractivity contribution is 0.0698. The third-order valence-electron chi connectivity index (χ3n) is 3.81. The Bertz CT molecular complexity index is 909. The molecule has 0 saturated carbocycles. The number of aromatic carboxylic acids is 1. The van der Waals surface area contributed by atoms with Crippen LogP contribution in [0.3, 0.4) is 0 Å². The van der Waals surface area contributed by atoms with Gasteiger partial charge >= 0.3 is 5.97 Å². The molecule has 3 rings (SSSR count). The van der Waals surface area contributed by atoms with E-state index in [9.17, 15) is 14.3 Å². The third kappa shape index (κ3) is 3.58. The Morgan fingerprint density at radius 1 is 1.36 bits per heavy atom. The Morgan fingerprint density at radius 2 is 2.20 bits per heavy atom. The highest BCUT2D eigenvalue weighted by molar-refractivity contribution is 5.97. The number of carboxylic acid groups (broad SMARTS) is 1. The number of fused-ring (bicyclic) bond motifs is 1. The summed E-state index contributed by atoms with van der Waals surface area (Å²) in [5.74, 6) is -1.06. The molecule has 0 atom stereocenters. The van der Waals surface area contributed by atoms with Gasteiger partial charge in [0.1, 0.15) is 5.82 Å². The zero-order chi connectivity index (χ0) is 17.8. The maximum absolute atomic E-state index is 13.7. The standard InChI is InChI=1S/C17H18FN5O2/c1-19-6-2-8-23-15-4-3-11(18)9-13(15)16(22-23)21-14-10-20-7-5-12(14)17(24)25/h3-5,7,9-10,19H,2,6,8H2,1H3,(H,21,22)(H,24,25). The monoisotopic (exact) mass is 343 g/mol. The zero-order valence-electron chi connectivity index (χ0n) is 13.7. The molecule has 0 spiro atoms. The molecule has 8 heteroatoms. The van der Waals surface area contributed by atoms with E-state index < -0.39 is 5.97 Å². The van der Waals surface area contributed by atoms with E-state index in [0.717, 1.165) is 18.5 Å². The number of carboxylic acids is 1. The highest BCUT2D eigenvalue weighted by Gasteiger charge is 2.15. The molecule has 3 aromatic rings. The predicted octanol–water partition coefficient (Wildman–Crippen LogP) is 2.62. The average Bonchev–Trinajstić information content (AvgIpc) is 2.92. The molecule has 25 heavy (non-hydrogen) atoms. The number of hydrogen-bond donors (Lipinski definition) is 3. The van der Waals surface area contributed by atoms with Crippen LogP contribution in [0.4, 0.5) is 15.9 Å². The van der Waals surface area contributed by atoms with Crippen LogP contribution in [-0.4, -0.2) is 39.4 Å². The van der Waals surface area contributed by atoms with Crippen molar-refractivity contribution in [3.05, 3.63) is 48.0 Å². The number of anilines is 2. The molecule has 0 aliphatic heterocycles. The number of nitrogens with one attached hydrogen (secondary N) is 2. The van der Waals surface area contributed by atoms with E-state index in [-0.39, 0.29) is 11.4 Å². The second kappa shape index (κ2) is 7.27. The fourth-order valence-electron chi connectivity index (χ4n) is 2.63. The molecule has 0 fully saturated rings. The van der Waals surface area contributed by atoms with Crippen molar-refractivity contribution in [2.75, 3.05) is 18.9 Å². The van der Waals surface area contributed by atoms with Crippen molar-refractivity contribution in [1.29, 1.82) is 0 Å². The molecule has 2 heterocycles. The molecule has 0 radical (unpaired) electrons. The number of rotatable bonds is 7. The Hall–Kier alpha value is -3.00. The summed E-state index contributed by atoms with van der Waals surface area (Å²) >= 11 is 0. The lowest BCUT2D eigenvalue weighted by Crippen LogP contribution is -2.11. The number of aromatic nitrogens is 3. The molecular formula is C17H18FN5O2. The van der Waals surface area contributed by atoms with Crippen LogP contribution in [-0.2, 0) is 6.54 Å². The number of halogens is 1. The van der Waals surface area contributed by atoms with Gasteiger partial charge in [-0.1, -0.05) is 0 Å². The van der Waals surface area contributed by atoms with Gasteiger partial charge in [0, 0.05) is 18.1 Å². The van der Waals surface area contributed by atoms with Crippen LogP contribution in [0.2, 0.25) is 0 Å². The van der Waals surface area contributed by atoms with E-state index in [1.165, 1.54) is 30.6 Å². The van der Waals surface area contributed by atoms with Crippen LogP contribution < -0.4 is 10.6 Å². The molecule has 130 valence electrons. The highest BCUT2D eigenvalue weighted by atomic mass is 19.1. The van der Waals surface area contributed by atoms with Crippen molar-refractivity contribution < 1.29 is 14.3 Å². The summed E-state index contributed by atoms with van der Waals surface area (Å²) in [7, 11) is 1.87. The van der Waals surface area contributed by atoms with Gasteiger partial charge in [-0.2, -0.15) is 5.10 Å². The van der Waals surface area contributed by atoms with Crippen molar-refractivity contribution in [3.63, 3.8) is 0 Å². The first kappa shape index (κ1) is 16.8. The number of pyridine rings is 1. The fourth-order valence-corrected chi connectivity index (χ4v) is 2.63. The molecule has 1 aromatic carbocycles. The number of aryl methyl sites for hydroxylation is 1. The van der Waals surface area contributed by atoms with Gasteiger partial charge in [-0.15, -0.1) is 0 Å². The van der Waals surface area contributed by atoms with Crippen molar-refractivity contribution in [3.8, 4) is 0 Å². The first-order chi connectivity index (χ1) is 12.1. The Balaban J connectivity index is 2.01. The fraction of sp³-hybridized carbons (Fsp3) is 0.235. The summed E-state index contributed by atoms with van der Waals surface area (Å²) in [5.41, 5.74) is 1.16. The average molecular weight is 343 g/mol. The van der Waals surface area contributed by atoms with E-state index in [4.69, 9.17) is 0 Å². The zero-order valence-corrected chi connectivity index (χ0v) is 13.7. The molecular weight excluding hydrogens is 325 g/mol.